The van der Waals surface area contributed by atoms with Gasteiger partial charge in [-0.3, -0.25) is 0 Å². The highest BCUT2D eigenvalue weighted by Crippen LogP contribution is 2.23. The first-order valence-corrected chi connectivity index (χ1v) is 4.89. The molecule has 0 bridgehead atoms. The van der Waals surface area contributed by atoms with Crippen molar-refractivity contribution in [2.45, 2.75) is 19.8 Å². The van der Waals surface area contributed by atoms with Crippen molar-refractivity contribution in [1.29, 1.82) is 0 Å². The van der Waals surface area contributed by atoms with E-state index in [0.717, 1.165) is 17.4 Å². The van der Waals surface area contributed by atoms with Crippen LogP contribution in [0.25, 0.3) is 11.0 Å². The number of aryl methyl sites for hydroxylation is 1. The Bertz CT molecular complexity index is 497. The number of carboxylic acid groups (broad SMARTS) is 1. The summed E-state index contributed by atoms with van der Waals surface area (Å²) in [6, 6.07) is 5.82. The normalized spacial score (nSPS) is 10.7. The fraction of sp³-hybridized carbons (Fsp3) is 0.250. The van der Waals surface area contributed by atoms with Crippen molar-refractivity contribution in [3.05, 3.63) is 35.6 Å². The zero-order valence-electron chi connectivity index (χ0n) is 8.45. The second-order valence-corrected chi connectivity index (χ2v) is 3.49. The molecular formula is C12H11O3-. The number of aliphatic carboxylic acids is 1. The molecule has 0 unspecified atom stereocenters. The first-order valence-electron chi connectivity index (χ1n) is 4.89. The minimum Gasteiger partial charge on any atom is -0.550 e. The van der Waals surface area contributed by atoms with Crippen LogP contribution in [0.5, 0.6) is 0 Å². The summed E-state index contributed by atoms with van der Waals surface area (Å²) < 4.78 is 5.26. The summed E-state index contributed by atoms with van der Waals surface area (Å²) in [5.74, 6) is -1.08. The molecular weight excluding hydrogens is 192 g/mol. The van der Waals surface area contributed by atoms with Gasteiger partial charge in [0.2, 0.25) is 0 Å². The molecule has 3 heteroatoms. The molecule has 15 heavy (non-hydrogen) atoms. The van der Waals surface area contributed by atoms with Gasteiger partial charge in [-0.1, -0.05) is 13.0 Å². The van der Waals surface area contributed by atoms with Gasteiger partial charge in [0.1, 0.15) is 5.58 Å². The molecule has 2 rings (SSSR count). The van der Waals surface area contributed by atoms with Crippen molar-refractivity contribution >= 4 is 16.9 Å². The van der Waals surface area contributed by atoms with E-state index in [1.807, 2.05) is 18.2 Å². The molecule has 0 N–H and O–H groups in total. The first kappa shape index (κ1) is 9.77. The monoisotopic (exact) mass is 203 g/mol. The molecule has 0 saturated heterocycles. The molecule has 1 aromatic carbocycles. The number of hydrogen-bond donors (Lipinski definition) is 0. The Kier molecular flexibility index (Phi) is 2.46. The SMILES string of the molecule is CCc1ccc2occ(CC(=O)[O-])c2c1. The lowest BCUT2D eigenvalue weighted by Crippen LogP contribution is -2.24. The Labute approximate surface area is 87.3 Å². The summed E-state index contributed by atoms with van der Waals surface area (Å²) in [5, 5.41) is 11.4. The van der Waals surface area contributed by atoms with Gasteiger partial charge < -0.3 is 14.3 Å². The van der Waals surface area contributed by atoms with Crippen molar-refractivity contribution in [3.8, 4) is 0 Å². The summed E-state index contributed by atoms with van der Waals surface area (Å²) in [5.41, 5.74) is 2.58. The number of benzene rings is 1. The third kappa shape index (κ3) is 1.86. The van der Waals surface area contributed by atoms with Crippen LogP contribution in [0, 0.1) is 0 Å². The number of furan rings is 1. The van der Waals surface area contributed by atoms with Gasteiger partial charge in [-0.25, -0.2) is 0 Å². The van der Waals surface area contributed by atoms with Gasteiger partial charge in [-0.05, 0) is 24.1 Å². The van der Waals surface area contributed by atoms with Crippen molar-refractivity contribution in [1.82, 2.24) is 0 Å². The molecule has 0 radical (unpaired) electrons. The topological polar surface area (TPSA) is 53.3 Å². The summed E-state index contributed by atoms with van der Waals surface area (Å²) >= 11 is 0. The van der Waals surface area contributed by atoms with E-state index in [1.54, 1.807) is 0 Å². The fourth-order valence-corrected chi connectivity index (χ4v) is 1.64. The Morgan fingerprint density at radius 1 is 1.47 bits per heavy atom. The average Bonchev–Trinajstić information content (AvgIpc) is 2.60. The third-order valence-electron chi connectivity index (χ3n) is 2.46. The quantitative estimate of drug-likeness (QED) is 0.755. The van der Waals surface area contributed by atoms with E-state index in [1.165, 1.54) is 11.8 Å². The average molecular weight is 203 g/mol. The lowest BCUT2D eigenvalue weighted by Gasteiger charge is -2.00. The summed E-state index contributed by atoms with van der Waals surface area (Å²) in [4.78, 5) is 10.5. The highest BCUT2D eigenvalue weighted by molar-refractivity contribution is 5.85. The highest BCUT2D eigenvalue weighted by atomic mass is 16.4. The standard InChI is InChI=1S/C12H12O3/c1-2-8-3-4-11-10(5-8)9(7-15-11)6-12(13)14/h3-5,7H,2,6H2,1H3,(H,13,14)/p-1. The highest BCUT2D eigenvalue weighted by Gasteiger charge is 2.06. The molecule has 1 heterocycles. The van der Waals surface area contributed by atoms with Crippen molar-refractivity contribution in [3.63, 3.8) is 0 Å². The number of hydrogen-bond acceptors (Lipinski definition) is 3. The lowest BCUT2D eigenvalue weighted by atomic mass is 10.1. The minimum absolute atomic E-state index is 0.0971. The predicted molar refractivity (Wildman–Crippen MR) is 54.3 cm³/mol. The van der Waals surface area contributed by atoms with Crippen molar-refractivity contribution in [2.24, 2.45) is 0 Å². The van der Waals surface area contributed by atoms with Gasteiger partial charge in [-0.2, -0.15) is 0 Å². The third-order valence-corrected chi connectivity index (χ3v) is 2.46. The van der Waals surface area contributed by atoms with Gasteiger partial charge in [-0.15, -0.1) is 0 Å². The van der Waals surface area contributed by atoms with E-state index in [-0.39, 0.29) is 6.42 Å². The molecule has 0 aliphatic carbocycles. The molecule has 2 aromatic rings. The van der Waals surface area contributed by atoms with Crippen LogP contribution < -0.4 is 5.11 Å². The molecule has 0 aliphatic heterocycles. The van der Waals surface area contributed by atoms with Gasteiger partial charge in [0, 0.05) is 23.3 Å². The summed E-state index contributed by atoms with van der Waals surface area (Å²) in [7, 11) is 0. The van der Waals surface area contributed by atoms with Crippen LogP contribution >= 0.6 is 0 Å². The Hall–Kier alpha value is -1.77. The number of rotatable bonds is 3. The van der Waals surface area contributed by atoms with E-state index in [4.69, 9.17) is 4.42 Å². The van der Waals surface area contributed by atoms with Crippen LogP contribution in [0.2, 0.25) is 0 Å². The van der Waals surface area contributed by atoms with E-state index < -0.39 is 5.97 Å². The molecule has 78 valence electrons. The smallest absolute Gasteiger partial charge is 0.134 e. The number of carbonyl (C=O) groups excluding carboxylic acids is 1. The van der Waals surface area contributed by atoms with Crippen LogP contribution in [0.3, 0.4) is 0 Å². The Morgan fingerprint density at radius 2 is 2.27 bits per heavy atom. The van der Waals surface area contributed by atoms with Crippen LogP contribution in [0.1, 0.15) is 18.1 Å². The predicted octanol–water partition coefficient (Wildman–Crippen LogP) is 1.29. The fourth-order valence-electron chi connectivity index (χ4n) is 1.64. The second kappa shape index (κ2) is 3.77. The summed E-state index contributed by atoms with van der Waals surface area (Å²) in [6.45, 7) is 2.06. The van der Waals surface area contributed by atoms with Gasteiger partial charge >= 0.3 is 0 Å². The second-order valence-electron chi connectivity index (χ2n) is 3.49. The van der Waals surface area contributed by atoms with Crippen LogP contribution in [-0.2, 0) is 17.6 Å². The van der Waals surface area contributed by atoms with Crippen LogP contribution in [0.15, 0.2) is 28.9 Å². The Morgan fingerprint density at radius 3 is 2.93 bits per heavy atom. The molecule has 0 atom stereocenters. The van der Waals surface area contributed by atoms with Crippen LogP contribution in [0.4, 0.5) is 0 Å². The molecule has 0 spiro atoms. The molecule has 0 saturated carbocycles. The number of carbonyl (C=O) groups is 1. The molecule has 0 fully saturated rings. The zero-order chi connectivity index (χ0) is 10.8. The lowest BCUT2D eigenvalue weighted by molar-refractivity contribution is -0.304. The number of fused-ring (bicyclic) bond motifs is 1. The maximum Gasteiger partial charge on any atom is 0.134 e. The van der Waals surface area contributed by atoms with Crippen LogP contribution in [-0.4, -0.2) is 5.97 Å². The van der Waals surface area contributed by atoms with Crippen molar-refractivity contribution in [2.75, 3.05) is 0 Å². The molecule has 3 nitrogen and oxygen atoms in total. The van der Waals surface area contributed by atoms with Gasteiger partial charge in [0.05, 0.1) is 6.26 Å². The molecule has 0 aliphatic rings. The van der Waals surface area contributed by atoms with E-state index in [2.05, 4.69) is 6.92 Å². The molecule has 1 aromatic heterocycles. The first-order chi connectivity index (χ1) is 7.20. The maximum absolute atomic E-state index is 10.5. The summed E-state index contributed by atoms with van der Waals surface area (Å²) in [6.07, 6.45) is 2.31. The van der Waals surface area contributed by atoms with E-state index in [9.17, 15) is 9.90 Å². The van der Waals surface area contributed by atoms with Gasteiger partial charge in [0.15, 0.2) is 0 Å². The maximum atomic E-state index is 10.5. The zero-order valence-corrected chi connectivity index (χ0v) is 8.45. The number of carboxylic acids is 1. The van der Waals surface area contributed by atoms with E-state index >= 15 is 0 Å². The Balaban J connectivity index is 2.51. The minimum atomic E-state index is -1.08. The van der Waals surface area contributed by atoms with Gasteiger partial charge in [0.25, 0.3) is 0 Å². The molecule has 0 amide bonds. The van der Waals surface area contributed by atoms with Crippen molar-refractivity contribution < 1.29 is 14.3 Å². The van der Waals surface area contributed by atoms with E-state index in [0.29, 0.717) is 5.56 Å². The largest absolute Gasteiger partial charge is 0.550 e.